The molecule has 0 aromatic rings. The number of rotatable bonds is 1. The van der Waals surface area contributed by atoms with E-state index in [4.69, 9.17) is 10.5 Å². The van der Waals surface area contributed by atoms with Gasteiger partial charge in [-0.15, -0.1) is 0 Å². The number of nitrogens with two attached hydrogens (primary N) is 1. The van der Waals surface area contributed by atoms with Crippen molar-refractivity contribution < 1.29 is 4.74 Å². The van der Waals surface area contributed by atoms with Gasteiger partial charge in [0.2, 0.25) is 0 Å². The second-order valence-corrected chi connectivity index (χ2v) is 5.87. The molecule has 16 heavy (non-hydrogen) atoms. The van der Waals surface area contributed by atoms with Gasteiger partial charge in [0.15, 0.2) is 0 Å². The van der Waals surface area contributed by atoms with Gasteiger partial charge in [-0.3, -0.25) is 4.90 Å². The van der Waals surface area contributed by atoms with Gasteiger partial charge in [0, 0.05) is 24.7 Å². The molecule has 3 nitrogen and oxygen atoms in total. The third-order valence-corrected chi connectivity index (χ3v) is 4.27. The molecule has 1 saturated carbocycles. The summed E-state index contributed by atoms with van der Waals surface area (Å²) < 4.78 is 5.51. The lowest BCUT2D eigenvalue weighted by Crippen LogP contribution is -2.60. The Kier molecular flexibility index (Phi) is 3.88. The van der Waals surface area contributed by atoms with Gasteiger partial charge < -0.3 is 10.5 Å². The lowest BCUT2D eigenvalue weighted by Gasteiger charge is -2.48. The molecule has 0 radical (unpaired) electrons. The van der Waals surface area contributed by atoms with Gasteiger partial charge in [0.1, 0.15) is 0 Å². The first kappa shape index (κ1) is 12.3. The largest absolute Gasteiger partial charge is 0.379 e. The quantitative estimate of drug-likeness (QED) is 0.736. The van der Waals surface area contributed by atoms with Crippen molar-refractivity contribution in [2.75, 3.05) is 19.8 Å². The van der Waals surface area contributed by atoms with E-state index in [0.717, 1.165) is 31.6 Å². The third-order valence-electron chi connectivity index (χ3n) is 4.27. The lowest BCUT2D eigenvalue weighted by atomic mass is 9.76. The molecule has 0 aromatic carbocycles. The van der Waals surface area contributed by atoms with Crippen LogP contribution >= 0.6 is 0 Å². The van der Waals surface area contributed by atoms with Crippen molar-refractivity contribution in [2.45, 2.75) is 51.7 Å². The van der Waals surface area contributed by atoms with E-state index in [1.807, 2.05) is 0 Å². The molecule has 1 aliphatic heterocycles. The normalized spacial score (nSPS) is 46.9. The van der Waals surface area contributed by atoms with Crippen molar-refractivity contribution in [1.82, 2.24) is 4.90 Å². The summed E-state index contributed by atoms with van der Waals surface area (Å²) in [4.78, 5) is 2.59. The summed E-state index contributed by atoms with van der Waals surface area (Å²) in [7, 11) is 0. The molecule has 94 valence electrons. The Morgan fingerprint density at radius 1 is 1.19 bits per heavy atom. The van der Waals surface area contributed by atoms with E-state index < -0.39 is 0 Å². The van der Waals surface area contributed by atoms with Crippen molar-refractivity contribution in [1.29, 1.82) is 0 Å². The van der Waals surface area contributed by atoms with Gasteiger partial charge in [-0.2, -0.15) is 0 Å². The Morgan fingerprint density at radius 2 is 1.94 bits per heavy atom. The standard InChI is InChI=1S/C13H26N2O/c1-9-6-10(2)13(12(14)7-9)15-4-5-16-8-11(15)3/h9-13H,4-8,14H2,1-3H3. The fourth-order valence-electron chi connectivity index (χ4n) is 3.65. The molecule has 1 saturated heterocycles. The molecule has 0 amide bonds. The monoisotopic (exact) mass is 226 g/mol. The topological polar surface area (TPSA) is 38.5 Å². The molecule has 2 aliphatic rings. The van der Waals surface area contributed by atoms with Crippen LogP contribution in [-0.2, 0) is 4.74 Å². The van der Waals surface area contributed by atoms with E-state index in [1.165, 1.54) is 12.8 Å². The molecule has 1 heterocycles. The van der Waals surface area contributed by atoms with Crippen LogP contribution in [0.1, 0.15) is 33.6 Å². The first-order chi connectivity index (χ1) is 7.59. The SMILES string of the molecule is CC1CC(C)C(N2CCOCC2C)C(N)C1. The smallest absolute Gasteiger partial charge is 0.0619 e. The van der Waals surface area contributed by atoms with Gasteiger partial charge in [0.25, 0.3) is 0 Å². The average molecular weight is 226 g/mol. The van der Waals surface area contributed by atoms with Crippen LogP contribution in [0.15, 0.2) is 0 Å². The predicted octanol–water partition coefficient (Wildman–Crippen LogP) is 1.47. The summed E-state index contributed by atoms with van der Waals surface area (Å²) in [5.74, 6) is 1.51. The average Bonchev–Trinajstić information content (AvgIpc) is 2.19. The fourth-order valence-corrected chi connectivity index (χ4v) is 3.65. The molecule has 5 unspecified atom stereocenters. The fraction of sp³-hybridized carbons (Fsp3) is 1.00. The van der Waals surface area contributed by atoms with E-state index in [9.17, 15) is 0 Å². The van der Waals surface area contributed by atoms with Gasteiger partial charge in [-0.25, -0.2) is 0 Å². The van der Waals surface area contributed by atoms with Gasteiger partial charge >= 0.3 is 0 Å². The van der Waals surface area contributed by atoms with E-state index in [1.54, 1.807) is 0 Å². The van der Waals surface area contributed by atoms with E-state index >= 15 is 0 Å². The van der Waals surface area contributed by atoms with Crippen molar-refractivity contribution in [3.8, 4) is 0 Å². The summed E-state index contributed by atoms with van der Waals surface area (Å²) in [5, 5.41) is 0. The predicted molar refractivity (Wildman–Crippen MR) is 66.3 cm³/mol. The molecule has 5 atom stereocenters. The molecule has 1 aliphatic carbocycles. The Hall–Kier alpha value is -0.120. The zero-order valence-electron chi connectivity index (χ0n) is 10.9. The molecule has 2 rings (SSSR count). The molecule has 3 heteroatoms. The molecule has 0 spiro atoms. The highest BCUT2D eigenvalue weighted by Crippen LogP contribution is 2.32. The lowest BCUT2D eigenvalue weighted by molar-refractivity contribution is -0.0502. The number of ether oxygens (including phenoxy) is 1. The van der Waals surface area contributed by atoms with E-state index in [-0.39, 0.29) is 0 Å². The summed E-state index contributed by atoms with van der Waals surface area (Å²) in [6.07, 6.45) is 2.50. The molecule has 0 bridgehead atoms. The van der Waals surface area contributed by atoms with Gasteiger partial charge in [-0.1, -0.05) is 13.8 Å². The second kappa shape index (κ2) is 5.03. The summed E-state index contributed by atoms with van der Waals surface area (Å²) in [5.41, 5.74) is 6.37. The van der Waals surface area contributed by atoms with Crippen LogP contribution in [0.2, 0.25) is 0 Å². The molecular weight excluding hydrogens is 200 g/mol. The first-order valence-corrected chi connectivity index (χ1v) is 6.68. The third kappa shape index (κ3) is 2.41. The van der Waals surface area contributed by atoms with Crippen molar-refractivity contribution >= 4 is 0 Å². The van der Waals surface area contributed by atoms with Crippen LogP contribution in [0.3, 0.4) is 0 Å². The summed E-state index contributed by atoms with van der Waals surface area (Å²) in [6.45, 7) is 9.74. The Bertz CT molecular complexity index is 222. The maximum Gasteiger partial charge on any atom is 0.0619 e. The van der Waals surface area contributed by atoms with Gasteiger partial charge in [-0.05, 0) is 31.6 Å². The Balaban J connectivity index is 2.05. The van der Waals surface area contributed by atoms with Crippen LogP contribution < -0.4 is 5.73 Å². The summed E-state index contributed by atoms with van der Waals surface area (Å²) in [6, 6.07) is 1.44. The number of hydrogen-bond donors (Lipinski definition) is 1. The van der Waals surface area contributed by atoms with Crippen LogP contribution in [0, 0.1) is 11.8 Å². The highest BCUT2D eigenvalue weighted by atomic mass is 16.5. The van der Waals surface area contributed by atoms with Crippen molar-refractivity contribution in [3.63, 3.8) is 0 Å². The Labute approximate surface area is 99.3 Å². The van der Waals surface area contributed by atoms with Gasteiger partial charge in [0.05, 0.1) is 13.2 Å². The van der Waals surface area contributed by atoms with E-state index in [0.29, 0.717) is 18.1 Å². The highest BCUT2D eigenvalue weighted by molar-refractivity contribution is 4.94. The zero-order chi connectivity index (χ0) is 11.7. The maximum atomic E-state index is 6.37. The second-order valence-electron chi connectivity index (χ2n) is 5.87. The van der Waals surface area contributed by atoms with Crippen molar-refractivity contribution in [2.24, 2.45) is 17.6 Å². The number of hydrogen-bond acceptors (Lipinski definition) is 3. The van der Waals surface area contributed by atoms with Crippen molar-refractivity contribution in [3.05, 3.63) is 0 Å². The van der Waals surface area contributed by atoms with Crippen LogP contribution in [0.25, 0.3) is 0 Å². The molecule has 0 aromatic heterocycles. The van der Waals surface area contributed by atoms with Crippen LogP contribution in [0.5, 0.6) is 0 Å². The molecule has 2 fully saturated rings. The Morgan fingerprint density at radius 3 is 2.56 bits per heavy atom. The minimum atomic E-state index is 0.347. The van der Waals surface area contributed by atoms with Crippen LogP contribution in [-0.4, -0.2) is 42.8 Å². The van der Waals surface area contributed by atoms with E-state index in [2.05, 4.69) is 25.7 Å². The molecule has 2 N–H and O–H groups in total. The molecular formula is C13H26N2O. The zero-order valence-corrected chi connectivity index (χ0v) is 10.9. The minimum absolute atomic E-state index is 0.347. The minimum Gasteiger partial charge on any atom is -0.379 e. The van der Waals surface area contributed by atoms with Crippen LogP contribution in [0.4, 0.5) is 0 Å². The summed E-state index contributed by atoms with van der Waals surface area (Å²) >= 11 is 0. The maximum absolute atomic E-state index is 6.37. The first-order valence-electron chi connectivity index (χ1n) is 6.68. The highest BCUT2D eigenvalue weighted by Gasteiger charge is 2.38. The number of nitrogens with zero attached hydrogens (tertiary/aromatic N) is 1. The number of morpholine rings is 1.